The fourth-order valence-corrected chi connectivity index (χ4v) is 2.66. The molecular weight excluding hydrogens is 300 g/mol. The molecule has 106 valence electrons. The summed E-state index contributed by atoms with van der Waals surface area (Å²) in [7, 11) is 3.29. The second-order valence-corrected chi connectivity index (χ2v) is 5.06. The minimum Gasteiger partial charge on any atom is -0.497 e. The molecule has 0 aromatic heterocycles. The molecule has 2 aromatic carbocycles. The second-order valence-electron chi connectivity index (χ2n) is 4.24. The first-order valence-corrected chi connectivity index (χ1v) is 6.78. The monoisotopic (exact) mass is 313 g/mol. The number of hydrogen-bond acceptors (Lipinski definition) is 2. The summed E-state index contributed by atoms with van der Waals surface area (Å²) in [6.45, 7) is 0. The molecule has 2 aromatic rings. The van der Waals surface area contributed by atoms with Gasteiger partial charge in [0.15, 0.2) is 0 Å². The van der Waals surface area contributed by atoms with E-state index in [-0.39, 0.29) is 5.82 Å². The van der Waals surface area contributed by atoms with Gasteiger partial charge in [0.05, 0.1) is 13.2 Å². The molecule has 0 aliphatic heterocycles. The molecule has 0 heterocycles. The first-order valence-electron chi connectivity index (χ1n) is 6.03. The highest BCUT2D eigenvalue weighted by atomic mass is 35.5. The molecule has 5 heteroatoms. The lowest BCUT2D eigenvalue weighted by Crippen LogP contribution is -2.19. The predicted molar refractivity (Wildman–Crippen MR) is 80.3 cm³/mol. The maximum absolute atomic E-state index is 14.1. The van der Waals surface area contributed by atoms with E-state index in [2.05, 4.69) is 5.32 Å². The van der Waals surface area contributed by atoms with Crippen molar-refractivity contribution in [1.29, 1.82) is 0 Å². The molecule has 0 saturated heterocycles. The van der Waals surface area contributed by atoms with Gasteiger partial charge in [0, 0.05) is 15.6 Å². The highest BCUT2D eigenvalue weighted by Crippen LogP contribution is 2.35. The van der Waals surface area contributed by atoms with Gasteiger partial charge in [-0.25, -0.2) is 4.39 Å². The summed E-state index contributed by atoms with van der Waals surface area (Å²) in [5.41, 5.74) is 1.12. The molecule has 0 bridgehead atoms. The molecule has 0 radical (unpaired) electrons. The van der Waals surface area contributed by atoms with E-state index in [1.54, 1.807) is 44.5 Å². The van der Waals surface area contributed by atoms with E-state index in [0.29, 0.717) is 21.4 Å². The Balaban J connectivity index is 2.53. The average molecular weight is 314 g/mol. The van der Waals surface area contributed by atoms with Crippen LogP contribution in [0.3, 0.4) is 0 Å². The van der Waals surface area contributed by atoms with Crippen LogP contribution in [0, 0.1) is 5.82 Å². The number of hydrogen-bond donors (Lipinski definition) is 1. The molecule has 1 atom stereocenters. The van der Waals surface area contributed by atoms with Crippen LogP contribution in [0.4, 0.5) is 4.39 Å². The summed E-state index contributed by atoms with van der Waals surface area (Å²) in [6.07, 6.45) is 0. The number of ether oxygens (including phenoxy) is 1. The SMILES string of the molecule is CNC(c1ccc(OC)cc1Cl)c1c(F)cccc1Cl. The standard InChI is InChI=1S/C15H14Cl2FNO/c1-19-15(14-11(16)4-3-5-13(14)18)10-7-6-9(20-2)8-12(10)17/h3-8,15,19H,1-2H3. The lowest BCUT2D eigenvalue weighted by molar-refractivity contribution is 0.414. The normalized spacial score (nSPS) is 12.2. The molecule has 0 spiro atoms. The van der Waals surface area contributed by atoms with Crippen LogP contribution in [0.5, 0.6) is 5.75 Å². The predicted octanol–water partition coefficient (Wildman–Crippen LogP) is 4.45. The van der Waals surface area contributed by atoms with Crippen LogP contribution in [-0.2, 0) is 0 Å². The topological polar surface area (TPSA) is 21.3 Å². The first-order chi connectivity index (χ1) is 9.58. The number of halogens is 3. The summed E-state index contributed by atoms with van der Waals surface area (Å²) in [4.78, 5) is 0. The van der Waals surface area contributed by atoms with Crippen molar-refractivity contribution in [2.45, 2.75) is 6.04 Å². The third-order valence-corrected chi connectivity index (χ3v) is 3.75. The van der Waals surface area contributed by atoms with Crippen LogP contribution in [-0.4, -0.2) is 14.2 Å². The number of benzene rings is 2. The molecule has 0 aliphatic rings. The van der Waals surface area contributed by atoms with E-state index in [9.17, 15) is 4.39 Å². The van der Waals surface area contributed by atoms with Gasteiger partial charge in [-0.1, -0.05) is 35.3 Å². The van der Waals surface area contributed by atoms with Crippen LogP contribution in [0.15, 0.2) is 36.4 Å². The van der Waals surface area contributed by atoms with Gasteiger partial charge in [0.2, 0.25) is 0 Å². The summed E-state index contributed by atoms with van der Waals surface area (Å²) in [5.74, 6) is 0.275. The Kier molecular flexibility index (Phi) is 4.86. The maximum atomic E-state index is 14.1. The van der Waals surface area contributed by atoms with E-state index >= 15 is 0 Å². The third kappa shape index (κ3) is 2.90. The highest BCUT2D eigenvalue weighted by Gasteiger charge is 2.21. The van der Waals surface area contributed by atoms with Crippen LogP contribution in [0.25, 0.3) is 0 Å². The zero-order valence-electron chi connectivity index (χ0n) is 11.1. The van der Waals surface area contributed by atoms with Gasteiger partial charge in [-0.05, 0) is 36.9 Å². The van der Waals surface area contributed by atoms with Crippen molar-refractivity contribution in [3.8, 4) is 5.75 Å². The average Bonchev–Trinajstić information content (AvgIpc) is 2.43. The van der Waals surface area contributed by atoms with Crippen LogP contribution in [0.2, 0.25) is 10.0 Å². The molecule has 20 heavy (non-hydrogen) atoms. The van der Waals surface area contributed by atoms with Crippen molar-refractivity contribution < 1.29 is 9.13 Å². The molecule has 0 fully saturated rings. The summed E-state index contributed by atoms with van der Waals surface area (Å²) >= 11 is 12.4. The molecule has 1 N–H and O–H groups in total. The second kappa shape index (κ2) is 6.44. The highest BCUT2D eigenvalue weighted by molar-refractivity contribution is 6.32. The molecule has 1 unspecified atom stereocenters. The van der Waals surface area contributed by atoms with E-state index in [1.165, 1.54) is 6.07 Å². The first kappa shape index (κ1) is 15.1. The Morgan fingerprint density at radius 2 is 1.90 bits per heavy atom. The van der Waals surface area contributed by atoms with Crippen molar-refractivity contribution in [1.82, 2.24) is 5.32 Å². The number of rotatable bonds is 4. The fraction of sp³-hybridized carbons (Fsp3) is 0.200. The molecule has 0 aliphatic carbocycles. The van der Waals surface area contributed by atoms with Crippen LogP contribution in [0.1, 0.15) is 17.2 Å². The van der Waals surface area contributed by atoms with Gasteiger partial charge in [0.25, 0.3) is 0 Å². The molecule has 0 saturated carbocycles. The summed E-state index contributed by atoms with van der Waals surface area (Å²) in [6, 6.07) is 9.44. The molecule has 2 rings (SSSR count). The van der Waals surface area contributed by atoms with E-state index in [1.807, 2.05) is 0 Å². The lowest BCUT2D eigenvalue weighted by atomic mass is 9.98. The lowest BCUT2D eigenvalue weighted by Gasteiger charge is -2.20. The smallest absolute Gasteiger partial charge is 0.129 e. The zero-order valence-corrected chi connectivity index (χ0v) is 12.6. The van der Waals surface area contributed by atoms with Gasteiger partial charge in [-0.3, -0.25) is 0 Å². The van der Waals surface area contributed by atoms with Crippen molar-refractivity contribution in [3.63, 3.8) is 0 Å². The molecule has 0 amide bonds. The quantitative estimate of drug-likeness (QED) is 0.900. The van der Waals surface area contributed by atoms with Crippen molar-refractivity contribution in [2.75, 3.05) is 14.2 Å². The summed E-state index contributed by atoms with van der Waals surface area (Å²) in [5, 5.41) is 3.89. The van der Waals surface area contributed by atoms with Gasteiger partial charge < -0.3 is 10.1 Å². The van der Waals surface area contributed by atoms with E-state index in [4.69, 9.17) is 27.9 Å². The van der Waals surface area contributed by atoms with Gasteiger partial charge in [-0.15, -0.1) is 0 Å². The van der Waals surface area contributed by atoms with E-state index < -0.39 is 6.04 Å². The van der Waals surface area contributed by atoms with Crippen molar-refractivity contribution in [3.05, 3.63) is 63.4 Å². The van der Waals surface area contributed by atoms with Crippen LogP contribution >= 0.6 is 23.2 Å². The van der Waals surface area contributed by atoms with Crippen molar-refractivity contribution >= 4 is 23.2 Å². The molecule has 2 nitrogen and oxygen atoms in total. The minimum absolute atomic E-state index is 0.358. The minimum atomic E-state index is -0.429. The Morgan fingerprint density at radius 1 is 1.15 bits per heavy atom. The number of methoxy groups -OCH3 is 1. The Hall–Kier alpha value is -1.29. The summed E-state index contributed by atoms with van der Waals surface area (Å²) < 4.78 is 19.2. The van der Waals surface area contributed by atoms with Gasteiger partial charge in [-0.2, -0.15) is 0 Å². The zero-order chi connectivity index (χ0) is 14.7. The van der Waals surface area contributed by atoms with Crippen molar-refractivity contribution in [2.24, 2.45) is 0 Å². The van der Waals surface area contributed by atoms with Gasteiger partial charge >= 0.3 is 0 Å². The van der Waals surface area contributed by atoms with E-state index in [0.717, 1.165) is 5.56 Å². The maximum Gasteiger partial charge on any atom is 0.129 e. The number of nitrogens with one attached hydrogen (secondary N) is 1. The van der Waals surface area contributed by atoms with Crippen LogP contribution < -0.4 is 10.1 Å². The Labute approximate surface area is 127 Å². The fourth-order valence-electron chi connectivity index (χ4n) is 2.11. The molecular formula is C15H14Cl2FNO. The largest absolute Gasteiger partial charge is 0.497 e. The Morgan fingerprint density at radius 3 is 2.45 bits per heavy atom. The Bertz CT molecular complexity index is 599. The van der Waals surface area contributed by atoms with Gasteiger partial charge in [0.1, 0.15) is 11.6 Å². The third-order valence-electron chi connectivity index (χ3n) is 3.10.